The summed E-state index contributed by atoms with van der Waals surface area (Å²) in [6.07, 6.45) is 8.69. The molecule has 1 saturated carbocycles. The Morgan fingerprint density at radius 2 is 2.02 bits per heavy atom. The van der Waals surface area contributed by atoms with Gasteiger partial charge in [0, 0.05) is 29.1 Å². The fourth-order valence-electron chi connectivity index (χ4n) is 7.13. The van der Waals surface area contributed by atoms with E-state index in [1.165, 1.54) is 11.1 Å². The van der Waals surface area contributed by atoms with Crippen LogP contribution in [0.2, 0.25) is 5.02 Å². The number of hydrogen-bond donors (Lipinski definition) is 2. The SMILES string of the molecule is C[C@H]1/C=C\CC(O)[C@@H]2CC[C@H]2CN2C[C@@]3(CCCc4cc(Cl)ccc43)COc3ccc(cc32)C(=O)NS(=O)(=O)C1. The fourth-order valence-corrected chi connectivity index (χ4v) is 8.62. The van der Waals surface area contributed by atoms with Crippen LogP contribution in [-0.4, -0.2) is 51.0 Å². The number of aryl methyl sites for hydroxylation is 1. The summed E-state index contributed by atoms with van der Waals surface area (Å²) in [7, 11) is -3.85. The van der Waals surface area contributed by atoms with Gasteiger partial charge in [0.1, 0.15) is 5.75 Å². The number of carbonyl (C=O) groups is 1. The van der Waals surface area contributed by atoms with Gasteiger partial charge in [-0.25, -0.2) is 13.1 Å². The highest BCUT2D eigenvalue weighted by atomic mass is 35.5. The summed E-state index contributed by atoms with van der Waals surface area (Å²) in [5.74, 6) is 0.0322. The number of anilines is 1. The Morgan fingerprint density at radius 3 is 2.83 bits per heavy atom. The number of benzene rings is 2. The number of halogens is 1. The molecule has 1 unspecified atom stereocenters. The van der Waals surface area contributed by atoms with Gasteiger partial charge in [-0.05, 0) is 97.7 Å². The third-order valence-corrected chi connectivity index (χ3v) is 11.0. The van der Waals surface area contributed by atoms with Crippen LogP contribution in [0.15, 0.2) is 48.6 Å². The number of ether oxygens (including phenoxy) is 1. The maximum atomic E-state index is 13.2. The van der Waals surface area contributed by atoms with Crippen LogP contribution in [0, 0.1) is 17.8 Å². The minimum atomic E-state index is -3.85. The van der Waals surface area contributed by atoms with Gasteiger partial charge >= 0.3 is 0 Å². The summed E-state index contributed by atoms with van der Waals surface area (Å²) >= 11 is 6.37. The molecule has 1 spiro atoms. The predicted molar refractivity (Wildman–Crippen MR) is 157 cm³/mol. The third-order valence-electron chi connectivity index (χ3n) is 9.30. The molecule has 5 atom stereocenters. The van der Waals surface area contributed by atoms with Crippen molar-refractivity contribution in [3.8, 4) is 5.75 Å². The van der Waals surface area contributed by atoms with Gasteiger partial charge < -0.3 is 14.7 Å². The minimum Gasteiger partial charge on any atom is -0.490 e. The highest BCUT2D eigenvalue weighted by molar-refractivity contribution is 7.90. The van der Waals surface area contributed by atoms with Crippen molar-refractivity contribution in [2.45, 2.75) is 57.0 Å². The van der Waals surface area contributed by atoms with Gasteiger partial charge in [0.2, 0.25) is 10.0 Å². The summed E-state index contributed by atoms with van der Waals surface area (Å²) < 4.78 is 34.3. The van der Waals surface area contributed by atoms with E-state index in [9.17, 15) is 18.3 Å². The monoisotopic (exact) mass is 584 g/mol. The van der Waals surface area contributed by atoms with E-state index in [1.54, 1.807) is 25.1 Å². The minimum absolute atomic E-state index is 0.170. The van der Waals surface area contributed by atoms with Crippen molar-refractivity contribution in [1.29, 1.82) is 0 Å². The number of allylic oxidation sites excluding steroid dienone is 1. The topological polar surface area (TPSA) is 95.9 Å². The first-order valence-corrected chi connectivity index (χ1v) is 16.4. The Balaban J connectivity index is 1.41. The number of nitrogens with zero attached hydrogens (tertiary/aromatic N) is 1. The number of sulfonamides is 1. The van der Waals surface area contributed by atoms with Crippen LogP contribution < -0.4 is 14.4 Å². The number of aliphatic hydroxyl groups excluding tert-OH is 1. The van der Waals surface area contributed by atoms with E-state index in [4.69, 9.17) is 16.3 Å². The maximum absolute atomic E-state index is 13.2. The van der Waals surface area contributed by atoms with E-state index in [0.29, 0.717) is 31.2 Å². The van der Waals surface area contributed by atoms with Crippen LogP contribution in [0.3, 0.4) is 0 Å². The molecule has 2 aliphatic heterocycles. The van der Waals surface area contributed by atoms with Crippen molar-refractivity contribution in [3.05, 3.63) is 70.3 Å². The Kier molecular flexibility index (Phi) is 7.38. The number of fused-ring (bicyclic) bond motifs is 4. The molecule has 214 valence electrons. The molecule has 1 amide bonds. The third kappa shape index (κ3) is 5.38. The second-order valence-corrected chi connectivity index (χ2v) is 14.4. The lowest BCUT2D eigenvalue weighted by Crippen LogP contribution is -2.49. The van der Waals surface area contributed by atoms with Gasteiger partial charge in [-0.2, -0.15) is 0 Å². The molecule has 4 aliphatic rings. The molecular weight excluding hydrogens is 548 g/mol. The molecule has 0 saturated heterocycles. The average Bonchev–Trinajstić information content (AvgIpc) is 3.02. The van der Waals surface area contributed by atoms with Crippen molar-refractivity contribution in [3.63, 3.8) is 0 Å². The maximum Gasteiger partial charge on any atom is 0.264 e. The Hall–Kier alpha value is -2.55. The van der Waals surface area contributed by atoms with Crippen molar-refractivity contribution in [1.82, 2.24) is 4.72 Å². The van der Waals surface area contributed by atoms with Crippen LogP contribution in [-0.2, 0) is 21.9 Å². The Bertz CT molecular complexity index is 1440. The largest absolute Gasteiger partial charge is 0.490 e. The molecule has 7 nitrogen and oxygen atoms in total. The molecule has 0 radical (unpaired) electrons. The number of rotatable bonds is 0. The van der Waals surface area contributed by atoms with Gasteiger partial charge in [0.05, 0.1) is 24.2 Å². The molecule has 40 heavy (non-hydrogen) atoms. The first-order chi connectivity index (χ1) is 19.1. The molecule has 1 fully saturated rings. The van der Waals surface area contributed by atoms with Crippen LogP contribution in [0.4, 0.5) is 5.69 Å². The summed E-state index contributed by atoms with van der Waals surface area (Å²) in [5.41, 5.74) is 3.34. The van der Waals surface area contributed by atoms with Gasteiger partial charge in [0.15, 0.2) is 0 Å². The zero-order valence-electron chi connectivity index (χ0n) is 22.8. The highest BCUT2D eigenvalue weighted by Crippen LogP contribution is 2.46. The zero-order chi connectivity index (χ0) is 28.1. The quantitative estimate of drug-likeness (QED) is 0.430. The fraction of sp³-hybridized carbons (Fsp3) is 0.516. The Labute approximate surface area is 241 Å². The van der Waals surface area contributed by atoms with E-state index in [0.717, 1.165) is 49.4 Å². The molecule has 9 heteroatoms. The van der Waals surface area contributed by atoms with Gasteiger partial charge in [0.25, 0.3) is 5.91 Å². The summed E-state index contributed by atoms with van der Waals surface area (Å²) in [6, 6.07) is 11.4. The van der Waals surface area contributed by atoms with E-state index < -0.39 is 22.0 Å². The molecule has 2 aromatic carbocycles. The molecule has 2 heterocycles. The molecule has 6 rings (SSSR count). The van der Waals surface area contributed by atoms with Crippen LogP contribution in [0.5, 0.6) is 5.75 Å². The van der Waals surface area contributed by atoms with Crippen molar-refractivity contribution in [2.75, 3.05) is 30.3 Å². The highest BCUT2D eigenvalue weighted by Gasteiger charge is 2.44. The van der Waals surface area contributed by atoms with E-state index in [2.05, 4.69) is 21.8 Å². The molecule has 0 aromatic heterocycles. The normalized spacial score (nSPS) is 32.5. The van der Waals surface area contributed by atoms with E-state index in [-0.39, 0.29) is 28.6 Å². The number of hydrogen-bond acceptors (Lipinski definition) is 6. The predicted octanol–water partition coefficient (Wildman–Crippen LogP) is 4.86. The second-order valence-electron chi connectivity index (χ2n) is 12.2. The molecular formula is C31H37ClN2O5S. The average molecular weight is 585 g/mol. The van der Waals surface area contributed by atoms with Gasteiger partial charge in [-0.1, -0.05) is 36.7 Å². The van der Waals surface area contributed by atoms with Crippen LogP contribution in [0.25, 0.3) is 0 Å². The van der Waals surface area contributed by atoms with Crippen molar-refractivity contribution < 1.29 is 23.1 Å². The number of amides is 1. The lowest BCUT2D eigenvalue weighted by atomic mass is 9.68. The van der Waals surface area contributed by atoms with E-state index in [1.807, 2.05) is 18.2 Å². The van der Waals surface area contributed by atoms with E-state index >= 15 is 0 Å². The summed E-state index contributed by atoms with van der Waals surface area (Å²) in [4.78, 5) is 15.5. The summed E-state index contributed by atoms with van der Waals surface area (Å²) in [5, 5.41) is 11.8. The Morgan fingerprint density at radius 1 is 1.18 bits per heavy atom. The second kappa shape index (κ2) is 10.7. The first-order valence-electron chi connectivity index (χ1n) is 14.3. The molecule has 2 bridgehead atoms. The van der Waals surface area contributed by atoms with Crippen molar-refractivity contribution in [2.24, 2.45) is 17.8 Å². The van der Waals surface area contributed by atoms with Gasteiger partial charge in [-0.3, -0.25) is 4.79 Å². The standard InChI is InChI=1S/C31H37ClN2O5S/c1-20-4-2-6-28(35)25-10-7-23(25)16-34-18-31(13-3-5-21-14-24(32)9-11-26(21)31)19-39-29-12-8-22(15-27(29)34)30(36)33-40(37,38)17-20/h2,4,8-9,11-12,14-15,20,23,25,28,35H,3,5-7,10,13,16-19H2,1H3,(H,33,36)/b4-2-/t20-,23-,25+,28?,31-/m0/s1. The number of nitrogens with one attached hydrogen (secondary N) is 1. The molecule has 2 aromatic rings. The number of carbonyl (C=O) groups excluding carboxylic acids is 1. The smallest absolute Gasteiger partial charge is 0.264 e. The first kappa shape index (κ1) is 27.6. The lowest BCUT2D eigenvalue weighted by molar-refractivity contribution is 0.0177. The molecule has 2 aliphatic carbocycles. The summed E-state index contributed by atoms with van der Waals surface area (Å²) in [6.45, 7) is 3.73. The number of aliphatic hydroxyl groups is 1. The van der Waals surface area contributed by atoms with Crippen LogP contribution >= 0.6 is 11.6 Å². The van der Waals surface area contributed by atoms with Gasteiger partial charge in [-0.15, -0.1) is 0 Å². The van der Waals surface area contributed by atoms with Crippen molar-refractivity contribution >= 4 is 33.2 Å². The zero-order valence-corrected chi connectivity index (χ0v) is 24.4. The lowest BCUT2D eigenvalue weighted by Gasteiger charge is -2.45. The van der Waals surface area contributed by atoms with Crippen LogP contribution in [0.1, 0.15) is 60.5 Å². The molecule has 2 N–H and O–H groups in total.